The lowest BCUT2D eigenvalue weighted by atomic mass is 9.93. The molecule has 0 saturated carbocycles. The van der Waals surface area contributed by atoms with Gasteiger partial charge in [-0.1, -0.05) is 80.6 Å². The average Bonchev–Trinajstić information content (AvgIpc) is 2.69. The third kappa shape index (κ3) is 5.49. The van der Waals surface area contributed by atoms with Gasteiger partial charge in [0.1, 0.15) is 0 Å². The van der Waals surface area contributed by atoms with E-state index in [9.17, 15) is 0 Å². The molecule has 1 aliphatic carbocycles. The Morgan fingerprint density at radius 3 is 2.40 bits per heavy atom. The average molecular weight is 332 g/mol. The second kappa shape index (κ2) is 9.68. The van der Waals surface area contributed by atoms with Gasteiger partial charge in [0.15, 0.2) is 0 Å². The van der Waals surface area contributed by atoms with Crippen LogP contribution in [0.1, 0.15) is 50.3 Å². The number of hydrogen-bond acceptors (Lipinski definition) is 1. The molecule has 25 heavy (non-hydrogen) atoms. The van der Waals surface area contributed by atoms with Gasteiger partial charge in [0.2, 0.25) is 0 Å². The van der Waals surface area contributed by atoms with Gasteiger partial charge < -0.3 is 5.32 Å². The maximum Gasteiger partial charge on any atom is 0.0400 e. The number of nitrogens with one attached hydrogen (secondary N) is 1. The van der Waals surface area contributed by atoms with Crippen molar-refractivity contribution in [3.8, 4) is 0 Å². The summed E-state index contributed by atoms with van der Waals surface area (Å²) < 4.78 is 0. The van der Waals surface area contributed by atoms with Crippen LogP contribution in [-0.4, -0.2) is 0 Å². The van der Waals surface area contributed by atoms with Crippen LogP contribution in [0.3, 0.4) is 0 Å². The summed E-state index contributed by atoms with van der Waals surface area (Å²) in [5, 5.41) is 3.47. The molecule has 3 rings (SSSR count). The minimum absolute atomic E-state index is 0.832. The van der Waals surface area contributed by atoms with E-state index >= 15 is 0 Å². The molecule has 1 N–H and O–H groups in total. The molecule has 2 aromatic rings. The van der Waals surface area contributed by atoms with Crippen LogP contribution < -0.4 is 5.32 Å². The lowest BCUT2D eigenvalue weighted by Gasteiger charge is -2.13. The maximum absolute atomic E-state index is 3.81. The van der Waals surface area contributed by atoms with Gasteiger partial charge in [-0.05, 0) is 54.2 Å². The zero-order chi connectivity index (χ0) is 18.1. The van der Waals surface area contributed by atoms with E-state index in [2.05, 4.69) is 73.4 Å². The second-order valence-corrected chi connectivity index (χ2v) is 6.08. The predicted octanol–water partition coefficient (Wildman–Crippen LogP) is 7.09. The summed E-state index contributed by atoms with van der Waals surface area (Å²) in [6.07, 6.45) is 8.69. The van der Waals surface area contributed by atoms with Crippen LogP contribution in [0.2, 0.25) is 0 Å². The summed E-state index contributed by atoms with van der Waals surface area (Å²) in [5.74, 6) is 0. The third-order valence-electron chi connectivity index (χ3n) is 4.30. The van der Waals surface area contributed by atoms with Crippen molar-refractivity contribution >= 4 is 17.3 Å². The number of hydrogen-bond donors (Lipinski definition) is 1. The first-order valence-corrected chi connectivity index (χ1v) is 9.16. The molecular weight excluding hydrogens is 302 g/mol. The topological polar surface area (TPSA) is 12.0 Å². The van der Waals surface area contributed by atoms with Crippen LogP contribution in [0.15, 0.2) is 72.8 Å². The number of rotatable bonds is 5. The maximum atomic E-state index is 3.81. The van der Waals surface area contributed by atoms with E-state index in [-0.39, 0.29) is 0 Å². The van der Waals surface area contributed by atoms with Gasteiger partial charge in [-0.3, -0.25) is 0 Å². The first kappa shape index (κ1) is 18.8. The molecule has 0 aromatic heterocycles. The van der Waals surface area contributed by atoms with Gasteiger partial charge in [0.05, 0.1) is 0 Å². The number of anilines is 1. The molecule has 0 saturated heterocycles. The van der Waals surface area contributed by atoms with E-state index in [1.807, 2.05) is 26.0 Å². The Bertz CT molecular complexity index is 748. The first-order chi connectivity index (χ1) is 12.2. The van der Waals surface area contributed by atoms with Gasteiger partial charge in [0, 0.05) is 12.2 Å². The Hall–Kier alpha value is -2.54. The molecule has 0 amide bonds. The summed E-state index contributed by atoms with van der Waals surface area (Å²) >= 11 is 0. The Labute approximate surface area is 152 Å². The van der Waals surface area contributed by atoms with Gasteiger partial charge in [0.25, 0.3) is 0 Å². The molecule has 0 heterocycles. The SMILES string of the molecule is C=Cc1cccc(NCc2ccc(C3=CC=C(C)CC3)cc2)c1.CC. The zero-order valence-corrected chi connectivity index (χ0v) is 15.7. The Balaban J connectivity index is 0.00000109. The minimum atomic E-state index is 0.832. The fourth-order valence-electron chi connectivity index (χ4n) is 2.80. The van der Waals surface area contributed by atoms with E-state index in [0.29, 0.717) is 0 Å². The highest BCUT2D eigenvalue weighted by atomic mass is 14.9. The van der Waals surface area contributed by atoms with Gasteiger partial charge in [-0.25, -0.2) is 0 Å². The monoisotopic (exact) mass is 331 g/mol. The summed E-state index contributed by atoms with van der Waals surface area (Å²) in [5.41, 5.74) is 7.80. The van der Waals surface area contributed by atoms with Crippen LogP contribution in [0.4, 0.5) is 5.69 Å². The van der Waals surface area contributed by atoms with Crippen molar-refractivity contribution in [2.75, 3.05) is 5.32 Å². The fourth-order valence-corrected chi connectivity index (χ4v) is 2.80. The van der Waals surface area contributed by atoms with Crippen molar-refractivity contribution in [3.63, 3.8) is 0 Å². The van der Waals surface area contributed by atoms with Crippen LogP contribution in [0, 0.1) is 0 Å². The Morgan fingerprint density at radius 1 is 1.00 bits per heavy atom. The molecule has 0 fully saturated rings. The molecule has 0 bridgehead atoms. The molecule has 1 nitrogen and oxygen atoms in total. The molecule has 0 spiro atoms. The van der Waals surface area contributed by atoms with Gasteiger partial charge in [-0.2, -0.15) is 0 Å². The molecule has 1 aliphatic rings. The number of benzene rings is 2. The van der Waals surface area contributed by atoms with Crippen LogP contribution >= 0.6 is 0 Å². The van der Waals surface area contributed by atoms with Gasteiger partial charge >= 0.3 is 0 Å². The predicted molar refractivity (Wildman–Crippen MR) is 113 cm³/mol. The van der Waals surface area contributed by atoms with Crippen LogP contribution in [0.25, 0.3) is 11.6 Å². The molecule has 0 radical (unpaired) electrons. The zero-order valence-electron chi connectivity index (χ0n) is 15.7. The van der Waals surface area contributed by atoms with Crippen molar-refractivity contribution in [1.82, 2.24) is 0 Å². The quantitative estimate of drug-likeness (QED) is 0.616. The Kier molecular flexibility index (Phi) is 7.28. The Morgan fingerprint density at radius 2 is 1.76 bits per heavy atom. The summed E-state index contributed by atoms with van der Waals surface area (Å²) in [7, 11) is 0. The lowest BCUT2D eigenvalue weighted by molar-refractivity contribution is 0.976. The molecule has 0 atom stereocenters. The summed E-state index contributed by atoms with van der Waals surface area (Å²) in [6, 6.07) is 17.2. The highest BCUT2D eigenvalue weighted by Crippen LogP contribution is 2.26. The second-order valence-electron chi connectivity index (χ2n) is 6.08. The fraction of sp³-hybridized carbons (Fsp3) is 0.250. The lowest BCUT2D eigenvalue weighted by Crippen LogP contribution is -1.99. The summed E-state index contributed by atoms with van der Waals surface area (Å²) in [4.78, 5) is 0. The number of allylic oxidation sites excluding steroid dienone is 4. The largest absolute Gasteiger partial charge is 0.381 e. The standard InChI is InChI=1S/C22H23N.C2H6/c1-3-18-5-4-6-22(15-18)23-16-19-9-13-21(14-10-19)20-11-7-17(2)8-12-20;1-2/h3-7,9-11,13-15,23H,1,8,12,16H2,2H3;1-2H3. The van der Waals surface area contributed by atoms with Crippen molar-refractivity contribution < 1.29 is 0 Å². The van der Waals surface area contributed by atoms with Crippen LogP contribution in [-0.2, 0) is 6.54 Å². The van der Waals surface area contributed by atoms with Crippen molar-refractivity contribution in [2.45, 2.75) is 40.2 Å². The third-order valence-corrected chi connectivity index (χ3v) is 4.30. The summed E-state index contributed by atoms with van der Waals surface area (Å²) in [6.45, 7) is 10.8. The van der Waals surface area contributed by atoms with E-state index in [4.69, 9.17) is 0 Å². The van der Waals surface area contributed by atoms with E-state index in [1.165, 1.54) is 28.7 Å². The van der Waals surface area contributed by atoms with E-state index in [1.54, 1.807) is 0 Å². The molecule has 0 aliphatic heterocycles. The molecule has 2 aromatic carbocycles. The minimum Gasteiger partial charge on any atom is -0.381 e. The van der Waals surface area contributed by atoms with E-state index in [0.717, 1.165) is 24.2 Å². The highest BCUT2D eigenvalue weighted by molar-refractivity contribution is 5.69. The smallest absolute Gasteiger partial charge is 0.0400 e. The van der Waals surface area contributed by atoms with Gasteiger partial charge in [-0.15, -0.1) is 0 Å². The first-order valence-electron chi connectivity index (χ1n) is 9.16. The molecular formula is C24H29N. The van der Waals surface area contributed by atoms with Crippen LogP contribution in [0.5, 0.6) is 0 Å². The van der Waals surface area contributed by atoms with E-state index < -0.39 is 0 Å². The molecule has 0 unspecified atom stereocenters. The molecule has 130 valence electrons. The van der Waals surface area contributed by atoms with Crippen molar-refractivity contribution in [3.05, 3.63) is 89.5 Å². The van der Waals surface area contributed by atoms with Crippen molar-refractivity contribution in [2.24, 2.45) is 0 Å². The molecule has 1 heteroatoms. The normalized spacial score (nSPS) is 13.1. The highest BCUT2D eigenvalue weighted by Gasteiger charge is 2.06. The van der Waals surface area contributed by atoms with Crippen molar-refractivity contribution in [1.29, 1.82) is 0 Å².